The van der Waals surface area contributed by atoms with Crippen LogP contribution in [0.3, 0.4) is 0 Å². The van der Waals surface area contributed by atoms with Gasteiger partial charge >= 0.3 is 5.97 Å². The van der Waals surface area contributed by atoms with E-state index in [0.717, 1.165) is 22.2 Å². The third kappa shape index (κ3) is 4.74. The minimum atomic E-state index is -1.17. The standard InChI is InChI=1S/C22H20N4O4S2/c1-13-15(10-17-21(30)26(12-18(27)28)22(31)32-17)19(25(2)20(29)16(13)11-23)24-9-8-14-6-4-3-5-7-14/h3-7,10,24H,8-9,12H2,1-2H3,(H,27,28)/b17-10+. The van der Waals surface area contributed by atoms with Gasteiger partial charge in [-0.3, -0.25) is 23.9 Å². The molecule has 1 saturated heterocycles. The van der Waals surface area contributed by atoms with Gasteiger partial charge in [0, 0.05) is 19.2 Å². The van der Waals surface area contributed by atoms with Crippen molar-refractivity contribution in [1.29, 1.82) is 5.26 Å². The fraction of sp³-hybridized carbons (Fsp3) is 0.227. The highest BCUT2D eigenvalue weighted by Gasteiger charge is 2.34. The van der Waals surface area contributed by atoms with E-state index in [9.17, 15) is 19.6 Å². The molecule has 3 rings (SSSR count). The number of hydrogen-bond acceptors (Lipinski definition) is 7. The van der Waals surface area contributed by atoms with Gasteiger partial charge in [-0.15, -0.1) is 0 Å². The summed E-state index contributed by atoms with van der Waals surface area (Å²) in [6, 6.07) is 11.8. The zero-order valence-corrected chi connectivity index (χ0v) is 19.0. The predicted octanol–water partition coefficient (Wildman–Crippen LogP) is 2.51. The van der Waals surface area contributed by atoms with E-state index < -0.39 is 24.0 Å². The Balaban J connectivity index is 2.01. The van der Waals surface area contributed by atoms with Gasteiger partial charge in [0.05, 0.1) is 4.91 Å². The Labute approximate surface area is 194 Å². The van der Waals surface area contributed by atoms with Gasteiger partial charge in [0.2, 0.25) is 0 Å². The van der Waals surface area contributed by atoms with Gasteiger partial charge in [0.15, 0.2) is 0 Å². The molecule has 0 aliphatic carbocycles. The second-order valence-electron chi connectivity index (χ2n) is 7.06. The van der Waals surface area contributed by atoms with Crippen LogP contribution in [-0.2, 0) is 23.1 Å². The molecule has 0 spiro atoms. The van der Waals surface area contributed by atoms with Gasteiger partial charge in [-0.2, -0.15) is 5.26 Å². The summed E-state index contributed by atoms with van der Waals surface area (Å²) in [5.74, 6) is -1.23. The lowest BCUT2D eigenvalue weighted by molar-refractivity contribution is -0.140. The number of carbonyl (C=O) groups excluding carboxylic acids is 1. The van der Waals surface area contributed by atoms with Crippen LogP contribution in [0.15, 0.2) is 40.0 Å². The second kappa shape index (κ2) is 9.80. The first-order valence-corrected chi connectivity index (χ1v) is 10.9. The van der Waals surface area contributed by atoms with Crippen molar-refractivity contribution in [3.05, 3.63) is 67.8 Å². The molecule has 0 atom stereocenters. The molecule has 1 aromatic heterocycles. The van der Waals surface area contributed by atoms with E-state index in [-0.39, 0.29) is 14.8 Å². The number of benzene rings is 1. The summed E-state index contributed by atoms with van der Waals surface area (Å²) in [4.78, 5) is 37.7. The fourth-order valence-electron chi connectivity index (χ4n) is 3.32. The summed E-state index contributed by atoms with van der Waals surface area (Å²) in [6.07, 6.45) is 2.26. The van der Waals surface area contributed by atoms with E-state index in [1.807, 2.05) is 36.4 Å². The van der Waals surface area contributed by atoms with Gasteiger partial charge < -0.3 is 10.4 Å². The van der Waals surface area contributed by atoms with Crippen molar-refractivity contribution in [3.8, 4) is 6.07 Å². The zero-order valence-electron chi connectivity index (χ0n) is 17.4. The number of aliphatic carboxylic acids is 1. The largest absolute Gasteiger partial charge is 0.480 e. The molecular weight excluding hydrogens is 448 g/mol. The average Bonchev–Trinajstić information content (AvgIpc) is 3.02. The Morgan fingerprint density at radius 1 is 1.31 bits per heavy atom. The molecule has 0 bridgehead atoms. The van der Waals surface area contributed by atoms with Crippen molar-refractivity contribution in [2.75, 3.05) is 18.4 Å². The van der Waals surface area contributed by atoms with Gasteiger partial charge in [-0.1, -0.05) is 54.3 Å². The molecule has 32 heavy (non-hydrogen) atoms. The van der Waals surface area contributed by atoms with Gasteiger partial charge in [-0.25, -0.2) is 0 Å². The Morgan fingerprint density at radius 3 is 2.62 bits per heavy atom. The number of thiocarbonyl (C=S) groups is 1. The molecule has 1 aliphatic heterocycles. The minimum Gasteiger partial charge on any atom is -0.480 e. The van der Waals surface area contributed by atoms with Crippen molar-refractivity contribution in [1.82, 2.24) is 9.47 Å². The number of nitriles is 1. The third-order valence-electron chi connectivity index (χ3n) is 4.99. The minimum absolute atomic E-state index is 0.0200. The molecule has 1 aliphatic rings. The number of carboxylic acids is 1. The van der Waals surface area contributed by atoms with E-state index in [1.54, 1.807) is 20.0 Å². The molecular formula is C22H20N4O4S2. The molecule has 0 saturated carbocycles. The van der Waals surface area contributed by atoms with Crippen LogP contribution >= 0.6 is 24.0 Å². The molecule has 164 valence electrons. The molecule has 1 fully saturated rings. The second-order valence-corrected chi connectivity index (χ2v) is 8.74. The Hall–Kier alpha value is -3.42. The van der Waals surface area contributed by atoms with Crippen LogP contribution in [0.4, 0.5) is 5.82 Å². The topological polar surface area (TPSA) is 115 Å². The highest BCUT2D eigenvalue weighted by Crippen LogP contribution is 2.34. The monoisotopic (exact) mass is 468 g/mol. The lowest BCUT2D eigenvalue weighted by atomic mass is 10.0. The highest BCUT2D eigenvalue weighted by atomic mass is 32.2. The number of rotatable bonds is 7. The number of amides is 1. The molecule has 1 aromatic carbocycles. The van der Waals surface area contributed by atoms with Crippen LogP contribution in [0.25, 0.3) is 6.08 Å². The lowest BCUT2D eigenvalue weighted by Gasteiger charge is -2.17. The number of carboxylic acid groups (broad SMARTS) is 1. The lowest BCUT2D eigenvalue weighted by Crippen LogP contribution is -2.33. The number of aromatic nitrogens is 1. The number of carbonyl (C=O) groups is 2. The SMILES string of the molecule is Cc1c(/C=C2/SC(=S)N(CC(=O)O)C2=O)c(NCCc2ccccc2)n(C)c(=O)c1C#N. The maximum Gasteiger partial charge on any atom is 0.323 e. The molecule has 2 N–H and O–H groups in total. The first-order chi connectivity index (χ1) is 15.2. The Morgan fingerprint density at radius 2 is 2.00 bits per heavy atom. The van der Waals surface area contributed by atoms with Crippen LogP contribution in [0.5, 0.6) is 0 Å². The number of anilines is 1. The first kappa shape index (κ1) is 23.2. The summed E-state index contributed by atoms with van der Waals surface area (Å²) in [6.45, 7) is 1.63. The van der Waals surface area contributed by atoms with Crippen LogP contribution in [0.1, 0.15) is 22.3 Å². The fourth-order valence-corrected chi connectivity index (χ4v) is 4.55. The number of nitrogens with one attached hydrogen (secondary N) is 1. The summed E-state index contributed by atoms with van der Waals surface area (Å²) >= 11 is 6.14. The summed E-state index contributed by atoms with van der Waals surface area (Å²) < 4.78 is 1.49. The van der Waals surface area contributed by atoms with Gasteiger partial charge in [0.1, 0.15) is 28.3 Å². The van der Waals surface area contributed by atoms with Crippen LogP contribution in [0.2, 0.25) is 0 Å². The van der Waals surface area contributed by atoms with E-state index in [2.05, 4.69) is 5.32 Å². The van der Waals surface area contributed by atoms with E-state index in [0.29, 0.717) is 29.9 Å². The van der Waals surface area contributed by atoms with E-state index in [1.165, 1.54) is 4.57 Å². The summed E-state index contributed by atoms with van der Waals surface area (Å²) in [7, 11) is 1.56. The smallest absolute Gasteiger partial charge is 0.323 e. The van der Waals surface area contributed by atoms with Crippen molar-refractivity contribution in [3.63, 3.8) is 0 Å². The molecule has 0 radical (unpaired) electrons. The normalized spacial score (nSPS) is 14.7. The Kier molecular flexibility index (Phi) is 7.12. The summed E-state index contributed by atoms with van der Waals surface area (Å²) in [5, 5.41) is 21.8. The van der Waals surface area contributed by atoms with Gasteiger partial charge in [-0.05, 0) is 30.5 Å². The van der Waals surface area contributed by atoms with Crippen molar-refractivity contribution < 1.29 is 14.7 Å². The molecule has 0 unspecified atom stereocenters. The molecule has 1 amide bonds. The highest BCUT2D eigenvalue weighted by molar-refractivity contribution is 8.26. The summed E-state index contributed by atoms with van der Waals surface area (Å²) in [5.41, 5.74) is 1.59. The number of thioether (sulfide) groups is 1. The zero-order chi connectivity index (χ0) is 23.4. The molecule has 8 nitrogen and oxygen atoms in total. The maximum absolute atomic E-state index is 12.7. The maximum atomic E-state index is 12.7. The molecule has 10 heteroatoms. The van der Waals surface area contributed by atoms with E-state index in [4.69, 9.17) is 17.3 Å². The van der Waals surface area contributed by atoms with Crippen molar-refractivity contribution in [2.24, 2.45) is 7.05 Å². The van der Waals surface area contributed by atoms with E-state index >= 15 is 0 Å². The third-order valence-corrected chi connectivity index (χ3v) is 6.37. The molecule has 2 heterocycles. The molecule has 2 aromatic rings. The quantitative estimate of drug-likeness (QED) is 0.470. The van der Waals surface area contributed by atoms with Gasteiger partial charge in [0.25, 0.3) is 11.5 Å². The van der Waals surface area contributed by atoms with Crippen LogP contribution < -0.4 is 10.9 Å². The van der Waals surface area contributed by atoms with Crippen LogP contribution in [0, 0.1) is 18.3 Å². The Bertz CT molecular complexity index is 1230. The van der Waals surface area contributed by atoms with Crippen molar-refractivity contribution in [2.45, 2.75) is 13.3 Å². The average molecular weight is 469 g/mol. The predicted molar refractivity (Wildman–Crippen MR) is 127 cm³/mol. The number of nitrogens with zero attached hydrogens (tertiary/aromatic N) is 3. The number of pyridine rings is 1. The van der Waals surface area contributed by atoms with Crippen molar-refractivity contribution >= 4 is 52.1 Å². The first-order valence-electron chi connectivity index (χ1n) is 9.63. The number of hydrogen-bond donors (Lipinski definition) is 2. The van der Waals surface area contributed by atoms with Crippen LogP contribution in [-0.4, -0.2) is 43.9 Å².